The van der Waals surface area contributed by atoms with Crippen LogP contribution in [0.3, 0.4) is 0 Å². The van der Waals surface area contributed by atoms with Gasteiger partial charge in [-0.25, -0.2) is 5.32 Å². The molecule has 0 bridgehead atoms. The van der Waals surface area contributed by atoms with E-state index in [9.17, 15) is 0 Å². The lowest BCUT2D eigenvalue weighted by atomic mass is 9.70. The molecule has 0 N–H and O–H groups in total. The summed E-state index contributed by atoms with van der Waals surface area (Å²) in [6, 6.07) is 0. The van der Waals surface area contributed by atoms with Crippen LogP contribution in [0.1, 0.15) is 57.8 Å². The number of hydrogen-bond donors (Lipinski definition) is 0. The van der Waals surface area contributed by atoms with E-state index in [1.165, 1.54) is 70.9 Å². The zero-order chi connectivity index (χ0) is 10.8. The minimum absolute atomic E-state index is 0.986. The summed E-state index contributed by atoms with van der Waals surface area (Å²) in [5.74, 6) is 4.18. The van der Waals surface area contributed by atoms with Crippen molar-refractivity contribution in [2.75, 3.05) is 13.1 Å². The third-order valence-electron chi connectivity index (χ3n) is 5.52. The Labute approximate surface area is 100 Å². The summed E-state index contributed by atoms with van der Waals surface area (Å²) in [6.45, 7) is 2.39. The fourth-order valence-electron chi connectivity index (χ4n) is 4.69. The largest absolute Gasteiger partial charge is 0.241 e. The lowest BCUT2D eigenvalue weighted by Gasteiger charge is -2.39. The fourth-order valence-corrected chi connectivity index (χ4v) is 4.69. The summed E-state index contributed by atoms with van der Waals surface area (Å²) >= 11 is 0. The molecule has 91 valence electrons. The van der Waals surface area contributed by atoms with Crippen molar-refractivity contribution in [3.05, 3.63) is 0 Å². The Morgan fingerprint density at radius 2 is 1.19 bits per heavy atom. The number of piperidine rings is 1. The Kier molecular flexibility index (Phi) is 3.51. The molecule has 1 aliphatic heterocycles. The van der Waals surface area contributed by atoms with Gasteiger partial charge in [-0.05, 0) is 30.1 Å². The van der Waals surface area contributed by atoms with Crippen LogP contribution in [0.15, 0.2) is 0 Å². The van der Waals surface area contributed by atoms with Crippen LogP contribution < -0.4 is 5.32 Å². The molecule has 1 saturated heterocycles. The predicted octanol–water partition coefficient (Wildman–Crippen LogP) is 3.61. The molecule has 1 heteroatoms. The van der Waals surface area contributed by atoms with Gasteiger partial charge in [0, 0.05) is 13.1 Å². The van der Waals surface area contributed by atoms with Crippen LogP contribution in [-0.2, 0) is 0 Å². The Morgan fingerprint density at radius 1 is 0.625 bits per heavy atom. The Bertz CT molecular complexity index is 189. The van der Waals surface area contributed by atoms with Gasteiger partial charge in [0.2, 0.25) is 0 Å². The highest BCUT2D eigenvalue weighted by molar-refractivity contribution is 4.89. The molecule has 2 aliphatic carbocycles. The van der Waals surface area contributed by atoms with Crippen molar-refractivity contribution in [2.24, 2.45) is 23.7 Å². The molecule has 0 aromatic rings. The Hall–Kier alpha value is -0.0400. The van der Waals surface area contributed by atoms with Crippen LogP contribution in [-0.4, -0.2) is 13.1 Å². The summed E-state index contributed by atoms with van der Waals surface area (Å²) in [5, 5.41) is 4.72. The van der Waals surface area contributed by atoms with Crippen LogP contribution in [0.25, 0.3) is 0 Å². The first kappa shape index (κ1) is 11.1. The van der Waals surface area contributed by atoms with Crippen LogP contribution in [0.2, 0.25) is 0 Å². The van der Waals surface area contributed by atoms with E-state index in [1.807, 2.05) is 0 Å². The summed E-state index contributed by atoms with van der Waals surface area (Å²) in [4.78, 5) is 0. The first-order valence-electron chi connectivity index (χ1n) is 7.58. The Balaban J connectivity index is 1.67. The average molecular weight is 220 g/mol. The molecule has 3 aliphatic rings. The topological polar surface area (TPSA) is 14.1 Å². The van der Waals surface area contributed by atoms with E-state index < -0.39 is 0 Å². The molecule has 3 rings (SSSR count). The second-order valence-corrected chi connectivity index (χ2v) is 6.34. The van der Waals surface area contributed by atoms with Crippen molar-refractivity contribution < 1.29 is 0 Å². The van der Waals surface area contributed by atoms with Gasteiger partial charge < -0.3 is 0 Å². The molecule has 16 heavy (non-hydrogen) atoms. The SMILES string of the molecule is C1CCC(C2CC[N]CC2C2CCCC2)C1. The van der Waals surface area contributed by atoms with Crippen molar-refractivity contribution in [3.63, 3.8) is 0 Å². The summed E-state index contributed by atoms with van der Waals surface area (Å²) < 4.78 is 0. The van der Waals surface area contributed by atoms with E-state index >= 15 is 0 Å². The maximum Gasteiger partial charge on any atom is 0.0167 e. The second kappa shape index (κ2) is 5.08. The highest BCUT2D eigenvalue weighted by atomic mass is 14.9. The zero-order valence-electron chi connectivity index (χ0n) is 10.5. The van der Waals surface area contributed by atoms with Gasteiger partial charge in [0.05, 0.1) is 0 Å². The summed E-state index contributed by atoms with van der Waals surface area (Å²) in [6.07, 6.45) is 13.5. The molecule has 0 aromatic heterocycles. The van der Waals surface area contributed by atoms with E-state index in [1.54, 1.807) is 0 Å². The quantitative estimate of drug-likeness (QED) is 0.675. The van der Waals surface area contributed by atoms with Gasteiger partial charge in [-0.2, -0.15) is 0 Å². The highest BCUT2D eigenvalue weighted by Gasteiger charge is 2.38. The molecular formula is C15H26N. The molecule has 1 radical (unpaired) electrons. The van der Waals surface area contributed by atoms with Gasteiger partial charge in [0.1, 0.15) is 0 Å². The molecule has 1 heterocycles. The van der Waals surface area contributed by atoms with Crippen molar-refractivity contribution in [1.29, 1.82) is 0 Å². The molecule has 3 fully saturated rings. The van der Waals surface area contributed by atoms with Gasteiger partial charge in [0.25, 0.3) is 0 Å². The van der Waals surface area contributed by atoms with Gasteiger partial charge >= 0.3 is 0 Å². The third kappa shape index (κ3) is 2.16. The van der Waals surface area contributed by atoms with Crippen LogP contribution in [0, 0.1) is 23.7 Å². The van der Waals surface area contributed by atoms with Crippen LogP contribution in [0.4, 0.5) is 0 Å². The highest BCUT2D eigenvalue weighted by Crippen LogP contribution is 2.44. The fraction of sp³-hybridized carbons (Fsp3) is 1.00. The second-order valence-electron chi connectivity index (χ2n) is 6.34. The van der Waals surface area contributed by atoms with E-state index in [2.05, 4.69) is 0 Å². The van der Waals surface area contributed by atoms with Crippen LogP contribution in [0.5, 0.6) is 0 Å². The van der Waals surface area contributed by atoms with E-state index in [-0.39, 0.29) is 0 Å². The molecule has 0 spiro atoms. The zero-order valence-corrected chi connectivity index (χ0v) is 10.5. The number of nitrogens with zero attached hydrogens (tertiary/aromatic N) is 1. The van der Waals surface area contributed by atoms with Crippen molar-refractivity contribution in [2.45, 2.75) is 57.8 Å². The number of rotatable bonds is 2. The molecule has 2 unspecified atom stereocenters. The lowest BCUT2D eigenvalue weighted by molar-refractivity contribution is 0.121. The predicted molar refractivity (Wildman–Crippen MR) is 67.4 cm³/mol. The maximum atomic E-state index is 4.72. The average Bonchev–Trinajstić information content (AvgIpc) is 3.03. The third-order valence-corrected chi connectivity index (χ3v) is 5.52. The summed E-state index contributed by atoms with van der Waals surface area (Å²) in [5.41, 5.74) is 0. The van der Waals surface area contributed by atoms with E-state index in [4.69, 9.17) is 5.32 Å². The minimum Gasteiger partial charge on any atom is -0.241 e. The normalized spacial score (nSPS) is 38.2. The molecular weight excluding hydrogens is 194 g/mol. The molecule has 1 nitrogen and oxygen atoms in total. The van der Waals surface area contributed by atoms with Crippen molar-refractivity contribution >= 4 is 0 Å². The maximum absolute atomic E-state index is 4.72. The van der Waals surface area contributed by atoms with Crippen molar-refractivity contribution in [1.82, 2.24) is 5.32 Å². The minimum atomic E-state index is 0.986. The van der Waals surface area contributed by atoms with E-state index in [0.717, 1.165) is 23.7 Å². The molecule has 0 aromatic carbocycles. The van der Waals surface area contributed by atoms with Crippen LogP contribution >= 0.6 is 0 Å². The van der Waals surface area contributed by atoms with Crippen molar-refractivity contribution in [3.8, 4) is 0 Å². The molecule has 0 amide bonds. The van der Waals surface area contributed by atoms with E-state index in [0.29, 0.717) is 0 Å². The Morgan fingerprint density at radius 3 is 1.81 bits per heavy atom. The molecule has 2 atom stereocenters. The van der Waals surface area contributed by atoms with Gasteiger partial charge in [-0.3, -0.25) is 0 Å². The van der Waals surface area contributed by atoms with Gasteiger partial charge in [-0.1, -0.05) is 51.4 Å². The summed E-state index contributed by atoms with van der Waals surface area (Å²) in [7, 11) is 0. The monoisotopic (exact) mass is 220 g/mol. The van der Waals surface area contributed by atoms with Gasteiger partial charge in [0.15, 0.2) is 0 Å². The standard InChI is InChI=1S/C15H26N/c1-2-6-12(5-1)14-9-10-16-11-15(14)13-7-3-4-8-13/h12-15H,1-11H2. The first-order chi connectivity index (χ1) is 7.95. The first-order valence-corrected chi connectivity index (χ1v) is 7.58. The molecule has 2 saturated carbocycles. The van der Waals surface area contributed by atoms with Gasteiger partial charge in [-0.15, -0.1) is 0 Å². The number of hydrogen-bond acceptors (Lipinski definition) is 0. The lowest BCUT2D eigenvalue weighted by Crippen LogP contribution is -2.39. The smallest absolute Gasteiger partial charge is 0.0167 e.